The summed E-state index contributed by atoms with van der Waals surface area (Å²) < 4.78 is 5.19. The van der Waals surface area contributed by atoms with Gasteiger partial charge in [-0.15, -0.1) is 11.3 Å². The number of hydrogen-bond acceptors (Lipinski definition) is 3. The molecule has 0 spiro atoms. The first-order chi connectivity index (χ1) is 10.6. The molecular weight excluding hydrogens is 294 g/mol. The third-order valence-electron chi connectivity index (χ3n) is 3.51. The van der Waals surface area contributed by atoms with E-state index in [4.69, 9.17) is 4.74 Å². The SMILES string of the molecule is COc1ccc(N(Cc2cccs2)C(=O)CCC(C)C)cc1. The highest BCUT2D eigenvalue weighted by atomic mass is 32.1. The van der Waals surface area contributed by atoms with E-state index in [0.29, 0.717) is 18.9 Å². The van der Waals surface area contributed by atoms with Crippen LogP contribution in [-0.4, -0.2) is 13.0 Å². The maximum atomic E-state index is 12.6. The van der Waals surface area contributed by atoms with Crippen molar-refractivity contribution in [3.63, 3.8) is 0 Å². The number of benzene rings is 1. The molecule has 2 aromatic rings. The molecule has 0 saturated carbocycles. The molecule has 0 aliphatic heterocycles. The van der Waals surface area contributed by atoms with E-state index in [1.54, 1.807) is 18.4 Å². The molecular formula is C18H23NO2S. The molecule has 0 aliphatic rings. The highest BCUT2D eigenvalue weighted by Gasteiger charge is 2.17. The van der Waals surface area contributed by atoms with Gasteiger partial charge in [0.25, 0.3) is 0 Å². The second kappa shape index (κ2) is 7.99. The molecule has 3 nitrogen and oxygen atoms in total. The minimum Gasteiger partial charge on any atom is -0.497 e. The van der Waals surface area contributed by atoms with Gasteiger partial charge in [-0.3, -0.25) is 4.79 Å². The number of ether oxygens (including phenoxy) is 1. The second-order valence-corrected chi connectivity index (χ2v) is 6.72. The predicted molar refractivity (Wildman–Crippen MR) is 92.6 cm³/mol. The van der Waals surface area contributed by atoms with Gasteiger partial charge in [0.2, 0.25) is 5.91 Å². The van der Waals surface area contributed by atoms with E-state index < -0.39 is 0 Å². The standard InChI is InChI=1S/C18H23NO2S/c1-14(2)6-11-18(20)19(13-17-5-4-12-22-17)15-7-9-16(21-3)10-8-15/h4-5,7-10,12,14H,6,11,13H2,1-3H3. The van der Waals surface area contributed by atoms with E-state index in [9.17, 15) is 4.79 Å². The molecule has 0 radical (unpaired) electrons. The Morgan fingerprint density at radius 2 is 1.95 bits per heavy atom. The van der Waals surface area contributed by atoms with Crippen molar-refractivity contribution < 1.29 is 9.53 Å². The molecule has 0 atom stereocenters. The summed E-state index contributed by atoms with van der Waals surface area (Å²) in [6, 6.07) is 11.8. The molecule has 1 amide bonds. The number of thiophene rings is 1. The van der Waals surface area contributed by atoms with Crippen LogP contribution in [0.25, 0.3) is 0 Å². The van der Waals surface area contributed by atoms with Crippen molar-refractivity contribution in [1.29, 1.82) is 0 Å². The van der Waals surface area contributed by atoms with Gasteiger partial charge in [-0.05, 0) is 48.1 Å². The van der Waals surface area contributed by atoms with E-state index in [1.165, 1.54) is 4.88 Å². The summed E-state index contributed by atoms with van der Waals surface area (Å²) in [5.41, 5.74) is 0.919. The molecule has 1 aromatic carbocycles. The van der Waals surface area contributed by atoms with Crippen LogP contribution in [0.15, 0.2) is 41.8 Å². The molecule has 118 valence electrons. The van der Waals surface area contributed by atoms with Crippen molar-refractivity contribution in [2.24, 2.45) is 5.92 Å². The van der Waals surface area contributed by atoms with Crippen molar-refractivity contribution in [3.05, 3.63) is 46.7 Å². The van der Waals surface area contributed by atoms with Crippen LogP contribution in [0.1, 0.15) is 31.6 Å². The number of nitrogens with zero attached hydrogens (tertiary/aromatic N) is 1. The lowest BCUT2D eigenvalue weighted by Crippen LogP contribution is -2.30. The van der Waals surface area contributed by atoms with E-state index >= 15 is 0 Å². The van der Waals surface area contributed by atoms with Gasteiger partial charge < -0.3 is 9.64 Å². The Hall–Kier alpha value is -1.81. The molecule has 0 N–H and O–H groups in total. The Kier molecular flexibility index (Phi) is 6.01. The lowest BCUT2D eigenvalue weighted by atomic mass is 10.1. The summed E-state index contributed by atoms with van der Waals surface area (Å²) in [6.07, 6.45) is 1.49. The minimum atomic E-state index is 0.173. The molecule has 1 aromatic heterocycles. The third-order valence-corrected chi connectivity index (χ3v) is 4.38. The van der Waals surface area contributed by atoms with Gasteiger partial charge >= 0.3 is 0 Å². The van der Waals surface area contributed by atoms with Gasteiger partial charge in [-0.25, -0.2) is 0 Å². The summed E-state index contributed by atoms with van der Waals surface area (Å²) in [6.45, 7) is 4.91. The Bertz CT molecular complexity index is 576. The summed E-state index contributed by atoms with van der Waals surface area (Å²) >= 11 is 1.68. The molecule has 4 heteroatoms. The topological polar surface area (TPSA) is 29.5 Å². The van der Waals surface area contributed by atoms with E-state index in [1.807, 2.05) is 40.6 Å². The van der Waals surface area contributed by atoms with Gasteiger partial charge in [0, 0.05) is 17.0 Å². The predicted octanol–water partition coefficient (Wildman–Crippen LogP) is 4.73. The number of methoxy groups -OCH3 is 1. The maximum absolute atomic E-state index is 12.6. The van der Waals surface area contributed by atoms with E-state index in [2.05, 4.69) is 19.9 Å². The van der Waals surface area contributed by atoms with Gasteiger partial charge in [0.1, 0.15) is 5.75 Å². The van der Waals surface area contributed by atoms with Crippen LogP contribution in [0.4, 0.5) is 5.69 Å². The zero-order valence-corrected chi connectivity index (χ0v) is 14.2. The lowest BCUT2D eigenvalue weighted by Gasteiger charge is -2.23. The first-order valence-electron chi connectivity index (χ1n) is 7.57. The fraction of sp³-hybridized carbons (Fsp3) is 0.389. The molecule has 0 bridgehead atoms. The lowest BCUT2D eigenvalue weighted by molar-refractivity contribution is -0.119. The zero-order chi connectivity index (χ0) is 15.9. The largest absolute Gasteiger partial charge is 0.497 e. The Morgan fingerprint density at radius 1 is 1.23 bits per heavy atom. The number of anilines is 1. The number of rotatable bonds is 7. The highest BCUT2D eigenvalue weighted by molar-refractivity contribution is 7.09. The van der Waals surface area contributed by atoms with Crippen molar-refractivity contribution >= 4 is 22.9 Å². The number of carbonyl (C=O) groups excluding carboxylic acids is 1. The summed E-state index contributed by atoms with van der Waals surface area (Å²) in [5, 5.41) is 2.04. The van der Waals surface area contributed by atoms with Crippen LogP contribution in [0.2, 0.25) is 0 Å². The average Bonchev–Trinajstić information content (AvgIpc) is 3.03. The van der Waals surface area contributed by atoms with Crippen molar-refractivity contribution in [2.75, 3.05) is 12.0 Å². The quantitative estimate of drug-likeness (QED) is 0.739. The average molecular weight is 317 g/mol. The first kappa shape index (κ1) is 16.6. The monoisotopic (exact) mass is 317 g/mol. The van der Waals surface area contributed by atoms with Crippen LogP contribution >= 0.6 is 11.3 Å². The summed E-state index contributed by atoms with van der Waals surface area (Å²) in [5.74, 6) is 1.50. The second-order valence-electron chi connectivity index (χ2n) is 5.69. The van der Waals surface area contributed by atoms with Gasteiger partial charge in [-0.2, -0.15) is 0 Å². The number of amides is 1. The Labute approximate surface area is 136 Å². The molecule has 0 fully saturated rings. The summed E-state index contributed by atoms with van der Waals surface area (Å²) in [4.78, 5) is 15.7. The molecule has 2 rings (SSSR count). The first-order valence-corrected chi connectivity index (χ1v) is 8.45. The Balaban J connectivity index is 2.17. The third kappa shape index (κ3) is 4.60. The smallest absolute Gasteiger partial charge is 0.227 e. The van der Waals surface area contributed by atoms with Crippen molar-refractivity contribution in [1.82, 2.24) is 0 Å². The van der Waals surface area contributed by atoms with Gasteiger partial charge in [0.15, 0.2) is 0 Å². The van der Waals surface area contributed by atoms with Gasteiger partial charge in [-0.1, -0.05) is 19.9 Å². The van der Waals surface area contributed by atoms with Crippen LogP contribution in [-0.2, 0) is 11.3 Å². The Morgan fingerprint density at radius 3 is 2.50 bits per heavy atom. The number of hydrogen-bond donors (Lipinski definition) is 0. The minimum absolute atomic E-state index is 0.173. The number of carbonyl (C=O) groups is 1. The maximum Gasteiger partial charge on any atom is 0.227 e. The van der Waals surface area contributed by atoms with Crippen LogP contribution in [0, 0.1) is 5.92 Å². The van der Waals surface area contributed by atoms with Crippen molar-refractivity contribution in [2.45, 2.75) is 33.2 Å². The summed E-state index contributed by atoms with van der Waals surface area (Å²) in [7, 11) is 1.65. The van der Waals surface area contributed by atoms with Gasteiger partial charge in [0.05, 0.1) is 13.7 Å². The molecule has 0 saturated heterocycles. The van der Waals surface area contributed by atoms with E-state index in [-0.39, 0.29) is 5.91 Å². The molecule has 0 aliphatic carbocycles. The highest BCUT2D eigenvalue weighted by Crippen LogP contribution is 2.24. The fourth-order valence-electron chi connectivity index (χ4n) is 2.19. The molecule has 0 unspecified atom stereocenters. The van der Waals surface area contributed by atoms with Crippen LogP contribution in [0.5, 0.6) is 5.75 Å². The van der Waals surface area contributed by atoms with Crippen LogP contribution < -0.4 is 9.64 Å². The van der Waals surface area contributed by atoms with E-state index in [0.717, 1.165) is 17.9 Å². The molecule has 22 heavy (non-hydrogen) atoms. The van der Waals surface area contributed by atoms with Crippen molar-refractivity contribution in [3.8, 4) is 5.75 Å². The molecule has 1 heterocycles. The zero-order valence-electron chi connectivity index (χ0n) is 13.4. The van der Waals surface area contributed by atoms with Crippen LogP contribution in [0.3, 0.4) is 0 Å². The normalized spacial score (nSPS) is 10.7. The fourth-order valence-corrected chi connectivity index (χ4v) is 2.88.